The largest absolute Gasteiger partial charge is 0.494 e. The molecule has 0 fully saturated rings. The first-order valence-corrected chi connectivity index (χ1v) is 7.84. The molecule has 0 unspecified atom stereocenters. The van der Waals surface area contributed by atoms with E-state index in [2.05, 4.69) is 20.7 Å². The second-order valence-electron chi connectivity index (χ2n) is 4.48. The summed E-state index contributed by atoms with van der Waals surface area (Å²) in [4.78, 5) is 11.4. The minimum Gasteiger partial charge on any atom is -0.494 e. The number of alkyl halides is 1. The molecule has 0 N–H and O–H groups in total. The van der Waals surface area contributed by atoms with Crippen molar-refractivity contribution in [3.05, 3.63) is 54.1 Å². The van der Waals surface area contributed by atoms with Gasteiger partial charge in [0.15, 0.2) is 0 Å². The highest BCUT2D eigenvalue weighted by Crippen LogP contribution is 2.23. The van der Waals surface area contributed by atoms with Gasteiger partial charge in [0.2, 0.25) is 0 Å². The first kappa shape index (κ1) is 15.6. The molecule has 2 aromatic rings. The first-order valence-electron chi connectivity index (χ1n) is 6.72. The number of ether oxygens (including phenoxy) is 2. The van der Waals surface area contributed by atoms with Gasteiger partial charge >= 0.3 is 5.97 Å². The Kier molecular flexibility index (Phi) is 5.81. The Balaban J connectivity index is 2.06. The molecule has 0 bridgehead atoms. The maximum atomic E-state index is 11.4. The average molecular weight is 349 g/mol. The van der Waals surface area contributed by atoms with E-state index >= 15 is 0 Å². The van der Waals surface area contributed by atoms with Gasteiger partial charge in [-0.25, -0.2) is 4.79 Å². The number of benzene rings is 2. The van der Waals surface area contributed by atoms with Gasteiger partial charge < -0.3 is 9.47 Å². The van der Waals surface area contributed by atoms with Gasteiger partial charge in [0.1, 0.15) is 5.75 Å². The lowest BCUT2D eigenvalue weighted by molar-refractivity contribution is 0.0601. The summed E-state index contributed by atoms with van der Waals surface area (Å²) in [5.41, 5.74) is 2.69. The minimum absolute atomic E-state index is 0.322. The third-order valence-electron chi connectivity index (χ3n) is 3.04. The van der Waals surface area contributed by atoms with Crippen molar-refractivity contribution in [3.63, 3.8) is 0 Å². The van der Waals surface area contributed by atoms with Crippen molar-refractivity contribution >= 4 is 21.9 Å². The quantitative estimate of drug-likeness (QED) is 0.443. The number of halogens is 1. The maximum Gasteiger partial charge on any atom is 0.337 e. The van der Waals surface area contributed by atoms with Gasteiger partial charge in [-0.2, -0.15) is 0 Å². The highest BCUT2D eigenvalue weighted by Gasteiger charge is 2.05. The maximum absolute atomic E-state index is 11.4. The van der Waals surface area contributed by atoms with Gasteiger partial charge in [-0.05, 0) is 41.8 Å². The molecular formula is C17H17BrO3. The number of carbonyl (C=O) groups excluding carboxylic acids is 1. The third-order valence-corrected chi connectivity index (χ3v) is 3.60. The van der Waals surface area contributed by atoms with Crippen LogP contribution in [0.5, 0.6) is 5.75 Å². The van der Waals surface area contributed by atoms with Gasteiger partial charge in [0, 0.05) is 5.33 Å². The zero-order valence-corrected chi connectivity index (χ0v) is 13.4. The Morgan fingerprint density at radius 2 is 1.57 bits per heavy atom. The van der Waals surface area contributed by atoms with Gasteiger partial charge in [0.25, 0.3) is 0 Å². The van der Waals surface area contributed by atoms with E-state index in [1.807, 2.05) is 36.4 Å². The van der Waals surface area contributed by atoms with Crippen molar-refractivity contribution in [1.82, 2.24) is 0 Å². The van der Waals surface area contributed by atoms with Crippen molar-refractivity contribution in [2.45, 2.75) is 6.42 Å². The second kappa shape index (κ2) is 7.84. The molecular weight excluding hydrogens is 332 g/mol. The molecule has 0 spiro atoms. The lowest BCUT2D eigenvalue weighted by Gasteiger charge is -2.07. The Morgan fingerprint density at radius 3 is 2.10 bits per heavy atom. The number of carbonyl (C=O) groups is 1. The molecule has 21 heavy (non-hydrogen) atoms. The van der Waals surface area contributed by atoms with Crippen LogP contribution in [-0.2, 0) is 4.74 Å². The summed E-state index contributed by atoms with van der Waals surface area (Å²) < 4.78 is 10.3. The summed E-state index contributed by atoms with van der Waals surface area (Å²) >= 11 is 3.37. The van der Waals surface area contributed by atoms with E-state index < -0.39 is 0 Å². The van der Waals surface area contributed by atoms with Crippen molar-refractivity contribution in [2.75, 3.05) is 19.0 Å². The highest BCUT2D eigenvalue weighted by molar-refractivity contribution is 9.09. The molecule has 4 heteroatoms. The lowest BCUT2D eigenvalue weighted by Crippen LogP contribution is -2.00. The molecule has 0 heterocycles. The van der Waals surface area contributed by atoms with Crippen LogP contribution in [0.4, 0.5) is 0 Å². The fourth-order valence-electron chi connectivity index (χ4n) is 1.90. The zero-order valence-electron chi connectivity index (χ0n) is 11.8. The molecule has 0 aliphatic rings. The van der Waals surface area contributed by atoms with E-state index in [1.54, 1.807) is 12.1 Å². The number of rotatable bonds is 6. The molecule has 0 saturated carbocycles. The number of hydrogen-bond donors (Lipinski definition) is 0. The van der Waals surface area contributed by atoms with Gasteiger partial charge in [0.05, 0.1) is 19.3 Å². The normalized spacial score (nSPS) is 10.2. The van der Waals surface area contributed by atoms with Crippen molar-refractivity contribution in [3.8, 4) is 16.9 Å². The van der Waals surface area contributed by atoms with E-state index in [-0.39, 0.29) is 5.97 Å². The summed E-state index contributed by atoms with van der Waals surface area (Å²) in [6, 6.07) is 15.3. The van der Waals surface area contributed by atoms with E-state index in [0.29, 0.717) is 12.2 Å². The Morgan fingerprint density at radius 1 is 1.00 bits per heavy atom. The van der Waals surface area contributed by atoms with Crippen LogP contribution in [0, 0.1) is 0 Å². The molecule has 2 rings (SSSR count). The monoisotopic (exact) mass is 348 g/mol. The molecule has 110 valence electrons. The SMILES string of the molecule is COC(=O)c1ccc(-c2ccc(OCCCBr)cc2)cc1. The summed E-state index contributed by atoms with van der Waals surface area (Å²) in [5, 5.41) is 0.942. The van der Waals surface area contributed by atoms with Crippen LogP contribution in [-0.4, -0.2) is 25.0 Å². The molecule has 0 amide bonds. The molecule has 0 aliphatic heterocycles. The van der Waals surface area contributed by atoms with Crippen molar-refractivity contribution in [1.29, 1.82) is 0 Å². The first-order chi connectivity index (χ1) is 10.2. The Hall–Kier alpha value is -1.81. The van der Waals surface area contributed by atoms with Crippen molar-refractivity contribution < 1.29 is 14.3 Å². The fourth-order valence-corrected chi connectivity index (χ4v) is 2.13. The summed E-state index contributed by atoms with van der Waals surface area (Å²) in [7, 11) is 1.38. The van der Waals surface area contributed by atoms with E-state index in [1.165, 1.54) is 7.11 Å². The molecule has 3 nitrogen and oxygen atoms in total. The van der Waals surface area contributed by atoms with Crippen LogP contribution in [0.15, 0.2) is 48.5 Å². The predicted molar refractivity (Wildman–Crippen MR) is 87.1 cm³/mol. The summed E-state index contributed by atoms with van der Waals surface area (Å²) in [6.07, 6.45) is 0.983. The van der Waals surface area contributed by atoms with Gasteiger partial charge in [-0.15, -0.1) is 0 Å². The lowest BCUT2D eigenvalue weighted by atomic mass is 10.0. The topological polar surface area (TPSA) is 35.5 Å². The number of methoxy groups -OCH3 is 1. The van der Waals surface area contributed by atoms with Crippen LogP contribution in [0.2, 0.25) is 0 Å². The Bertz CT molecular complexity index is 576. The zero-order chi connectivity index (χ0) is 15.1. The fraction of sp³-hybridized carbons (Fsp3) is 0.235. The molecule has 0 radical (unpaired) electrons. The van der Waals surface area contributed by atoms with Crippen LogP contribution < -0.4 is 4.74 Å². The number of hydrogen-bond acceptors (Lipinski definition) is 3. The molecule has 0 aliphatic carbocycles. The van der Waals surface area contributed by atoms with Crippen LogP contribution in [0.3, 0.4) is 0 Å². The predicted octanol–water partition coefficient (Wildman–Crippen LogP) is 4.30. The van der Waals surface area contributed by atoms with Crippen LogP contribution in [0.25, 0.3) is 11.1 Å². The number of esters is 1. The van der Waals surface area contributed by atoms with E-state index in [9.17, 15) is 4.79 Å². The Labute approximate surface area is 133 Å². The molecule has 0 aromatic heterocycles. The standard InChI is InChI=1S/C17H17BrO3/c1-20-17(19)15-5-3-13(4-6-15)14-7-9-16(10-8-14)21-12-2-11-18/h3-10H,2,11-12H2,1H3. The van der Waals surface area contributed by atoms with Crippen LogP contribution >= 0.6 is 15.9 Å². The smallest absolute Gasteiger partial charge is 0.337 e. The third kappa shape index (κ3) is 4.33. The minimum atomic E-state index is -0.322. The average Bonchev–Trinajstić information content (AvgIpc) is 2.55. The van der Waals surface area contributed by atoms with E-state index in [4.69, 9.17) is 4.74 Å². The highest BCUT2D eigenvalue weighted by atomic mass is 79.9. The van der Waals surface area contributed by atoms with E-state index in [0.717, 1.165) is 28.6 Å². The van der Waals surface area contributed by atoms with Gasteiger partial charge in [-0.3, -0.25) is 0 Å². The van der Waals surface area contributed by atoms with Gasteiger partial charge in [-0.1, -0.05) is 40.2 Å². The second-order valence-corrected chi connectivity index (χ2v) is 5.28. The van der Waals surface area contributed by atoms with Crippen molar-refractivity contribution in [2.24, 2.45) is 0 Å². The summed E-state index contributed by atoms with van der Waals surface area (Å²) in [6.45, 7) is 0.707. The molecule has 0 saturated heterocycles. The molecule has 0 atom stereocenters. The van der Waals surface area contributed by atoms with Crippen LogP contribution in [0.1, 0.15) is 16.8 Å². The molecule has 2 aromatic carbocycles. The summed E-state index contributed by atoms with van der Waals surface area (Å²) in [5.74, 6) is 0.544.